The molecule has 200 valence electrons. The fourth-order valence-corrected chi connectivity index (χ4v) is 3.68. The second-order valence-electron chi connectivity index (χ2n) is 9.20. The molecule has 1 aromatic carbocycles. The first-order valence-electron chi connectivity index (χ1n) is 11.9. The van der Waals surface area contributed by atoms with Crippen molar-refractivity contribution in [3.8, 4) is 0 Å². The third kappa shape index (κ3) is 9.56. The Kier molecular flexibility index (Phi) is 12.5. The Labute approximate surface area is 219 Å². The number of aryl methyl sites for hydroxylation is 1. The summed E-state index contributed by atoms with van der Waals surface area (Å²) in [6, 6.07) is 3.40. The van der Waals surface area contributed by atoms with E-state index in [0.717, 1.165) is 11.1 Å². The van der Waals surface area contributed by atoms with Gasteiger partial charge >= 0.3 is 12.1 Å². The third-order valence-corrected chi connectivity index (χ3v) is 5.58. The van der Waals surface area contributed by atoms with Gasteiger partial charge < -0.3 is 25.0 Å². The molecule has 36 heavy (non-hydrogen) atoms. The van der Waals surface area contributed by atoms with E-state index in [9.17, 15) is 19.2 Å². The first-order valence-corrected chi connectivity index (χ1v) is 12.5. The monoisotopic (exact) mass is 521 g/mol. The fraction of sp³-hybridized carbons (Fsp3) is 0.538. The van der Waals surface area contributed by atoms with E-state index in [1.807, 2.05) is 26.0 Å². The Bertz CT molecular complexity index is 944. The molecule has 0 spiro atoms. The molecule has 2 atom stereocenters. The lowest BCUT2D eigenvalue weighted by Gasteiger charge is -2.34. The minimum atomic E-state index is -1.05. The lowest BCUT2D eigenvalue weighted by atomic mass is 9.95. The summed E-state index contributed by atoms with van der Waals surface area (Å²) in [5, 5.41) is 5.29. The predicted molar refractivity (Wildman–Crippen MR) is 142 cm³/mol. The van der Waals surface area contributed by atoms with Crippen LogP contribution in [-0.2, 0) is 23.9 Å². The van der Waals surface area contributed by atoms with E-state index in [2.05, 4.69) is 29.8 Å². The Hall–Kier alpha value is -3.01. The fourth-order valence-electron chi connectivity index (χ4n) is 3.44. The molecule has 0 bridgehead atoms. The summed E-state index contributed by atoms with van der Waals surface area (Å²) in [7, 11) is 0. The van der Waals surface area contributed by atoms with Crippen LogP contribution in [-0.4, -0.2) is 65.9 Å². The maximum absolute atomic E-state index is 13.7. The van der Waals surface area contributed by atoms with E-state index in [0.29, 0.717) is 5.56 Å². The smallest absolute Gasteiger partial charge is 0.408 e. The van der Waals surface area contributed by atoms with Crippen molar-refractivity contribution in [1.29, 1.82) is 0 Å². The van der Waals surface area contributed by atoms with Gasteiger partial charge in [0.25, 0.3) is 0 Å². The van der Waals surface area contributed by atoms with Gasteiger partial charge in [0.2, 0.25) is 11.8 Å². The van der Waals surface area contributed by atoms with Crippen molar-refractivity contribution in [2.75, 3.05) is 25.4 Å². The second kappa shape index (κ2) is 14.5. The molecule has 0 aliphatic heterocycles. The van der Waals surface area contributed by atoms with E-state index < -0.39 is 41.6 Å². The number of nitrogens with zero attached hydrogens (tertiary/aromatic N) is 1. The molecule has 2 unspecified atom stereocenters. The Morgan fingerprint density at radius 1 is 1.19 bits per heavy atom. The summed E-state index contributed by atoms with van der Waals surface area (Å²) in [5.41, 5.74) is 1.65. The van der Waals surface area contributed by atoms with Gasteiger partial charge in [-0.1, -0.05) is 24.3 Å². The minimum Gasteiger partial charge on any atom is -0.466 e. The van der Waals surface area contributed by atoms with Crippen LogP contribution in [0.25, 0.3) is 0 Å². The maximum Gasteiger partial charge on any atom is 0.408 e. The summed E-state index contributed by atoms with van der Waals surface area (Å²) < 4.78 is 10.2. The lowest BCUT2D eigenvalue weighted by molar-refractivity contribution is -0.144. The van der Waals surface area contributed by atoms with Crippen molar-refractivity contribution in [2.24, 2.45) is 0 Å². The molecule has 0 fully saturated rings. The summed E-state index contributed by atoms with van der Waals surface area (Å²) in [5.74, 6) is -1.45. The van der Waals surface area contributed by atoms with E-state index >= 15 is 0 Å². The molecule has 0 saturated carbocycles. The van der Waals surface area contributed by atoms with Crippen molar-refractivity contribution < 1.29 is 28.7 Å². The highest BCUT2D eigenvalue weighted by Gasteiger charge is 2.36. The Balaban J connectivity index is 3.34. The van der Waals surface area contributed by atoms with Crippen molar-refractivity contribution in [3.63, 3.8) is 0 Å². The number of thiol groups is 1. The van der Waals surface area contributed by atoms with Crippen LogP contribution in [0.5, 0.6) is 0 Å². The van der Waals surface area contributed by atoms with Gasteiger partial charge in [-0.05, 0) is 58.2 Å². The maximum atomic E-state index is 13.7. The summed E-state index contributed by atoms with van der Waals surface area (Å²) in [6.45, 7) is 14.7. The number of hydrogen-bond acceptors (Lipinski definition) is 7. The second-order valence-corrected chi connectivity index (χ2v) is 9.56. The van der Waals surface area contributed by atoms with Crippen molar-refractivity contribution in [2.45, 2.75) is 65.6 Å². The molecule has 0 radical (unpaired) electrons. The van der Waals surface area contributed by atoms with Gasteiger partial charge in [0.1, 0.15) is 17.7 Å². The molecule has 0 aliphatic carbocycles. The highest BCUT2D eigenvalue weighted by Crippen LogP contribution is 2.27. The van der Waals surface area contributed by atoms with E-state index in [-0.39, 0.29) is 31.9 Å². The SMILES string of the molecule is C=CCN(C(=O)C(CS)NC(=O)OC(C)(C)C)C(C(=O)NCCC(=O)OCC)c1cccc(C)c1C. The van der Waals surface area contributed by atoms with Gasteiger partial charge in [-0.2, -0.15) is 12.6 Å². The van der Waals surface area contributed by atoms with Gasteiger partial charge in [-0.3, -0.25) is 14.4 Å². The lowest BCUT2D eigenvalue weighted by Crippen LogP contribution is -2.54. The number of carbonyl (C=O) groups is 4. The van der Waals surface area contributed by atoms with Crippen LogP contribution in [0.4, 0.5) is 4.79 Å². The number of esters is 1. The molecule has 10 heteroatoms. The van der Waals surface area contributed by atoms with Gasteiger partial charge in [-0.25, -0.2) is 4.79 Å². The zero-order chi connectivity index (χ0) is 27.5. The third-order valence-electron chi connectivity index (χ3n) is 5.22. The molecule has 0 aromatic heterocycles. The predicted octanol–water partition coefficient (Wildman–Crippen LogP) is 3.25. The van der Waals surface area contributed by atoms with Crippen LogP contribution in [0.15, 0.2) is 30.9 Å². The first kappa shape index (κ1) is 31.0. The number of ether oxygens (including phenoxy) is 2. The standard InChI is InChI=1S/C26H39N3O6S/c1-8-15-29(24(32)20(16-36)28-25(33)35-26(5,6)7)22(19-12-10-11-17(3)18(19)4)23(31)27-14-13-21(30)34-9-2/h8,10-12,20,22,36H,1,9,13-16H2,2-7H3,(H,27,31)(H,28,33). The van der Waals surface area contributed by atoms with Crippen molar-refractivity contribution in [1.82, 2.24) is 15.5 Å². The number of nitrogens with one attached hydrogen (secondary N) is 2. The topological polar surface area (TPSA) is 114 Å². The molecule has 0 heterocycles. The molecule has 1 aromatic rings. The average molecular weight is 522 g/mol. The Morgan fingerprint density at radius 2 is 1.86 bits per heavy atom. The average Bonchev–Trinajstić information content (AvgIpc) is 2.78. The molecule has 3 amide bonds. The number of carbonyl (C=O) groups excluding carboxylic acids is 4. The number of benzene rings is 1. The molecule has 0 saturated heterocycles. The molecule has 9 nitrogen and oxygen atoms in total. The molecular weight excluding hydrogens is 482 g/mol. The van der Waals surface area contributed by atoms with Gasteiger partial charge in [-0.15, -0.1) is 6.58 Å². The van der Waals surface area contributed by atoms with Crippen molar-refractivity contribution >= 4 is 36.5 Å². The van der Waals surface area contributed by atoms with E-state index in [4.69, 9.17) is 9.47 Å². The quantitative estimate of drug-likeness (QED) is 0.221. The minimum absolute atomic E-state index is 0.00598. The van der Waals surface area contributed by atoms with Crippen LogP contribution in [0.1, 0.15) is 56.8 Å². The van der Waals surface area contributed by atoms with Crippen LogP contribution in [0.3, 0.4) is 0 Å². The van der Waals surface area contributed by atoms with Crippen LogP contribution >= 0.6 is 12.6 Å². The normalized spacial score (nSPS) is 12.6. The number of hydrogen-bond donors (Lipinski definition) is 3. The molecule has 2 N–H and O–H groups in total. The molecular formula is C26H39N3O6S. The van der Waals surface area contributed by atoms with Crippen LogP contribution in [0.2, 0.25) is 0 Å². The zero-order valence-electron chi connectivity index (χ0n) is 22.1. The molecule has 1 rings (SSSR count). The van der Waals surface area contributed by atoms with Crippen molar-refractivity contribution in [3.05, 3.63) is 47.5 Å². The first-order chi connectivity index (χ1) is 16.9. The largest absolute Gasteiger partial charge is 0.466 e. The van der Waals surface area contributed by atoms with Gasteiger partial charge in [0, 0.05) is 18.8 Å². The summed E-state index contributed by atoms with van der Waals surface area (Å²) in [4.78, 5) is 52.5. The zero-order valence-corrected chi connectivity index (χ0v) is 22.9. The summed E-state index contributed by atoms with van der Waals surface area (Å²) in [6.07, 6.45) is 0.731. The highest BCUT2D eigenvalue weighted by molar-refractivity contribution is 7.80. The van der Waals surface area contributed by atoms with E-state index in [1.165, 1.54) is 11.0 Å². The van der Waals surface area contributed by atoms with Crippen LogP contribution in [0, 0.1) is 13.8 Å². The summed E-state index contributed by atoms with van der Waals surface area (Å²) >= 11 is 4.25. The highest BCUT2D eigenvalue weighted by atomic mass is 32.1. The van der Waals surface area contributed by atoms with Gasteiger partial charge in [0.15, 0.2) is 0 Å². The number of alkyl carbamates (subject to hydrolysis) is 1. The Morgan fingerprint density at radius 3 is 2.42 bits per heavy atom. The molecule has 0 aliphatic rings. The number of rotatable bonds is 12. The number of amides is 3. The van der Waals surface area contributed by atoms with E-state index in [1.54, 1.807) is 33.8 Å². The van der Waals surface area contributed by atoms with Crippen LogP contribution < -0.4 is 10.6 Å². The van der Waals surface area contributed by atoms with Gasteiger partial charge in [0.05, 0.1) is 13.0 Å².